The third-order valence-corrected chi connectivity index (χ3v) is 4.77. The number of hydrogen-bond donors (Lipinski definition) is 3. The van der Waals surface area contributed by atoms with E-state index < -0.39 is 0 Å². The van der Waals surface area contributed by atoms with Crippen molar-refractivity contribution < 1.29 is 9.53 Å². The molecule has 1 aliphatic rings. The van der Waals surface area contributed by atoms with Crippen LogP contribution in [0.25, 0.3) is 0 Å². The summed E-state index contributed by atoms with van der Waals surface area (Å²) in [5.74, 6) is 0.585. The number of guanidine groups is 1. The highest BCUT2D eigenvalue weighted by Gasteiger charge is 2.12. The molecule has 0 bridgehead atoms. The van der Waals surface area contributed by atoms with E-state index in [4.69, 9.17) is 4.74 Å². The lowest BCUT2D eigenvalue weighted by molar-refractivity contribution is -0.119. The molecule has 0 unspecified atom stereocenters. The SMILES string of the molecule is CN=C(NCCOC1CCCCCC1)NCC(=O)NCCc1ccccc1. The quantitative estimate of drug-likeness (QED) is 0.268. The Morgan fingerprint density at radius 2 is 1.78 bits per heavy atom. The van der Waals surface area contributed by atoms with Gasteiger partial charge in [0.15, 0.2) is 5.96 Å². The Bertz CT molecular complexity index is 555. The highest BCUT2D eigenvalue weighted by molar-refractivity contribution is 5.86. The molecule has 0 atom stereocenters. The number of nitrogens with zero attached hydrogens (tertiary/aromatic N) is 1. The van der Waals surface area contributed by atoms with Gasteiger partial charge in [0.1, 0.15) is 0 Å². The van der Waals surface area contributed by atoms with E-state index in [1.54, 1.807) is 7.05 Å². The highest BCUT2D eigenvalue weighted by atomic mass is 16.5. The second-order valence-electron chi connectivity index (χ2n) is 6.92. The molecule has 0 heterocycles. The van der Waals surface area contributed by atoms with Crippen LogP contribution in [0.5, 0.6) is 0 Å². The highest BCUT2D eigenvalue weighted by Crippen LogP contribution is 2.19. The van der Waals surface area contributed by atoms with Crippen LogP contribution in [-0.2, 0) is 16.0 Å². The molecule has 0 radical (unpaired) electrons. The number of hydrogen-bond acceptors (Lipinski definition) is 3. The van der Waals surface area contributed by atoms with Crippen LogP contribution in [0, 0.1) is 0 Å². The monoisotopic (exact) mass is 374 g/mol. The standard InChI is InChI=1S/C21H34N4O2/c1-22-21(24-15-16-27-19-11-7-2-3-8-12-19)25-17-20(26)23-14-13-18-9-5-4-6-10-18/h4-6,9-10,19H,2-3,7-8,11-17H2,1H3,(H,23,26)(H2,22,24,25). The summed E-state index contributed by atoms with van der Waals surface area (Å²) in [4.78, 5) is 16.1. The van der Waals surface area contributed by atoms with E-state index in [2.05, 4.69) is 33.1 Å². The van der Waals surface area contributed by atoms with Gasteiger partial charge in [-0.15, -0.1) is 0 Å². The first kappa shape index (κ1) is 21.2. The van der Waals surface area contributed by atoms with Gasteiger partial charge in [-0.25, -0.2) is 0 Å². The predicted octanol–water partition coefficient (Wildman–Crippen LogP) is 2.25. The summed E-state index contributed by atoms with van der Waals surface area (Å²) in [5, 5.41) is 9.15. The van der Waals surface area contributed by atoms with Crippen molar-refractivity contribution in [2.45, 2.75) is 51.0 Å². The maximum atomic E-state index is 11.9. The molecule has 150 valence electrons. The summed E-state index contributed by atoms with van der Waals surface area (Å²) in [5.41, 5.74) is 1.22. The molecule has 0 saturated heterocycles. The van der Waals surface area contributed by atoms with Crippen molar-refractivity contribution in [1.82, 2.24) is 16.0 Å². The van der Waals surface area contributed by atoms with Crippen LogP contribution in [-0.4, -0.2) is 51.3 Å². The molecule has 27 heavy (non-hydrogen) atoms. The van der Waals surface area contributed by atoms with Crippen LogP contribution in [0.3, 0.4) is 0 Å². The zero-order valence-electron chi connectivity index (χ0n) is 16.5. The minimum absolute atomic E-state index is 0.0383. The van der Waals surface area contributed by atoms with Gasteiger partial charge < -0.3 is 20.7 Å². The van der Waals surface area contributed by atoms with Gasteiger partial charge in [0.2, 0.25) is 5.91 Å². The largest absolute Gasteiger partial charge is 0.376 e. The van der Waals surface area contributed by atoms with Crippen LogP contribution in [0.1, 0.15) is 44.1 Å². The van der Waals surface area contributed by atoms with E-state index in [0.717, 1.165) is 6.42 Å². The van der Waals surface area contributed by atoms with Crippen LogP contribution in [0.15, 0.2) is 35.3 Å². The first-order valence-electron chi connectivity index (χ1n) is 10.1. The fourth-order valence-electron chi connectivity index (χ4n) is 3.24. The summed E-state index contributed by atoms with van der Waals surface area (Å²) in [6.07, 6.45) is 8.82. The topological polar surface area (TPSA) is 74.8 Å². The van der Waals surface area contributed by atoms with Gasteiger partial charge in [-0.2, -0.15) is 0 Å². The summed E-state index contributed by atoms with van der Waals surface area (Å²) in [7, 11) is 1.70. The third-order valence-electron chi connectivity index (χ3n) is 4.77. The molecule has 1 fully saturated rings. The first-order chi connectivity index (χ1) is 13.3. The summed E-state index contributed by atoms with van der Waals surface area (Å²) < 4.78 is 5.95. The van der Waals surface area contributed by atoms with Gasteiger partial charge in [0.25, 0.3) is 0 Å². The number of carbonyl (C=O) groups excluding carboxylic acids is 1. The van der Waals surface area contributed by atoms with Crippen molar-refractivity contribution >= 4 is 11.9 Å². The van der Waals surface area contributed by atoms with E-state index in [1.807, 2.05) is 18.2 Å². The molecule has 0 aliphatic heterocycles. The average Bonchev–Trinajstić information content (AvgIpc) is 2.97. The lowest BCUT2D eigenvalue weighted by Crippen LogP contribution is -2.44. The maximum Gasteiger partial charge on any atom is 0.239 e. The molecule has 3 N–H and O–H groups in total. The lowest BCUT2D eigenvalue weighted by atomic mass is 10.1. The zero-order valence-corrected chi connectivity index (χ0v) is 16.5. The molecular weight excluding hydrogens is 340 g/mol. The van der Waals surface area contributed by atoms with E-state index in [1.165, 1.54) is 44.1 Å². The first-order valence-corrected chi connectivity index (χ1v) is 10.1. The molecule has 0 spiro atoms. The summed E-state index contributed by atoms with van der Waals surface area (Å²) in [6, 6.07) is 10.1. The van der Waals surface area contributed by atoms with Crippen molar-refractivity contribution in [2.75, 3.05) is 33.3 Å². The van der Waals surface area contributed by atoms with Crippen molar-refractivity contribution in [3.8, 4) is 0 Å². The molecule has 2 rings (SSSR count). The Labute approximate surface area is 163 Å². The van der Waals surface area contributed by atoms with Crippen LogP contribution >= 0.6 is 0 Å². The number of aliphatic imine (C=N–C) groups is 1. The molecule has 1 saturated carbocycles. The Kier molecular flexibility index (Phi) is 10.3. The van der Waals surface area contributed by atoms with E-state index in [0.29, 0.717) is 31.8 Å². The number of rotatable bonds is 9. The number of ether oxygens (including phenoxy) is 1. The smallest absolute Gasteiger partial charge is 0.239 e. The molecule has 1 aliphatic carbocycles. The summed E-state index contributed by atoms with van der Waals surface area (Å²) in [6.45, 7) is 2.18. The van der Waals surface area contributed by atoms with Crippen LogP contribution in [0.4, 0.5) is 0 Å². The molecule has 1 aromatic carbocycles. The van der Waals surface area contributed by atoms with E-state index in [9.17, 15) is 4.79 Å². The number of carbonyl (C=O) groups is 1. The fourth-order valence-corrected chi connectivity index (χ4v) is 3.24. The second kappa shape index (κ2) is 13.1. The molecule has 1 amide bonds. The number of nitrogens with one attached hydrogen (secondary N) is 3. The minimum atomic E-state index is -0.0383. The Hall–Kier alpha value is -2.08. The average molecular weight is 375 g/mol. The van der Waals surface area contributed by atoms with Gasteiger partial charge in [0, 0.05) is 20.1 Å². The Morgan fingerprint density at radius 3 is 2.48 bits per heavy atom. The Morgan fingerprint density at radius 1 is 1.04 bits per heavy atom. The van der Waals surface area contributed by atoms with Gasteiger partial charge in [-0.3, -0.25) is 9.79 Å². The van der Waals surface area contributed by atoms with E-state index >= 15 is 0 Å². The van der Waals surface area contributed by atoms with Crippen molar-refractivity contribution in [3.05, 3.63) is 35.9 Å². The second-order valence-corrected chi connectivity index (χ2v) is 6.92. The molecule has 6 nitrogen and oxygen atoms in total. The van der Waals surface area contributed by atoms with E-state index in [-0.39, 0.29) is 12.5 Å². The minimum Gasteiger partial charge on any atom is -0.376 e. The lowest BCUT2D eigenvalue weighted by Gasteiger charge is -2.16. The maximum absolute atomic E-state index is 11.9. The fraction of sp³-hybridized carbons (Fsp3) is 0.619. The molecule has 6 heteroatoms. The summed E-state index contributed by atoms with van der Waals surface area (Å²) >= 11 is 0. The van der Waals surface area contributed by atoms with Crippen molar-refractivity contribution in [1.29, 1.82) is 0 Å². The molecule has 0 aromatic heterocycles. The van der Waals surface area contributed by atoms with Crippen LogP contribution < -0.4 is 16.0 Å². The van der Waals surface area contributed by atoms with Crippen molar-refractivity contribution in [2.24, 2.45) is 4.99 Å². The van der Waals surface area contributed by atoms with Gasteiger partial charge in [-0.1, -0.05) is 56.0 Å². The van der Waals surface area contributed by atoms with Crippen molar-refractivity contribution in [3.63, 3.8) is 0 Å². The predicted molar refractivity (Wildman–Crippen MR) is 110 cm³/mol. The van der Waals surface area contributed by atoms with Crippen LogP contribution in [0.2, 0.25) is 0 Å². The van der Waals surface area contributed by atoms with Gasteiger partial charge in [0.05, 0.1) is 19.3 Å². The van der Waals surface area contributed by atoms with Gasteiger partial charge in [-0.05, 0) is 24.8 Å². The Balaban J connectivity index is 1.53. The molecular formula is C21H34N4O2. The number of amides is 1. The third kappa shape index (κ3) is 9.43. The van der Waals surface area contributed by atoms with Gasteiger partial charge >= 0.3 is 0 Å². The zero-order chi connectivity index (χ0) is 19.2. The number of benzene rings is 1. The normalized spacial score (nSPS) is 15.8. The molecule has 1 aromatic rings.